The fourth-order valence-electron chi connectivity index (χ4n) is 1.99. The summed E-state index contributed by atoms with van der Waals surface area (Å²) in [5, 5.41) is 6.69. The molecule has 0 fully saturated rings. The van der Waals surface area contributed by atoms with E-state index in [0.29, 0.717) is 6.04 Å². The Labute approximate surface area is 112 Å². The standard InChI is InChI=1S/C13H20N4S/c1-4-6-17-9-14-8-11(17)12(16-10(2)3)13-15-5-7-18-13/h5,7-10,12,16H,4,6H2,1-3H3. The van der Waals surface area contributed by atoms with E-state index in [1.165, 1.54) is 5.69 Å². The molecule has 0 aliphatic heterocycles. The van der Waals surface area contributed by atoms with Gasteiger partial charge in [0.2, 0.25) is 0 Å². The van der Waals surface area contributed by atoms with Gasteiger partial charge in [0.25, 0.3) is 0 Å². The van der Waals surface area contributed by atoms with Crippen molar-refractivity contribution in [1.82, 2.24) is 19.9 Å². The summed E-state index contributed by atoms with van der Waals surface area (Å²) in [7, 11) is 0. The largest absolute Gasteiger partial charge is 0.333 e. The first-order valence-electron chi connectivity index (χ1n) is 6.37. The van der Waals surface area contributed by atoms with Crippen LogP contribution in [-0.2, 0) is 6.54 Å². The molecule has 0 aliphatic rings. The number of hydrogen-bond donors (Lipinski definition) is 1. The molecule has 2 aromatic rings. The zero-order valence-corrected chi connectivity index (χ0v) is 11.9. The van der Waals surface area contributed by atoms with E-state index in [1.807, 2.05) is 24.1 Å². The van der Waals surface area contributed by atoms with Crippen molar-refractivity contribution < 1.29 is 0 Å². The summed E-state index contributed by atoms with van der Waals surface area (Å²) in [5.74, 6) is 0. The van der Waals surface area contributed by atoms with Crippen molar-refractivity contribution >= 4 is 11.3 Å². The number of nitrogens with one attached hydrogen (secondary N) is 1. The van der Waals surface area contributed by atoms with E-state index in [2.05, 4.69) is 40.6 Å². The van der Waals surface area contributed by atoms with Crippen molar-refractivity contribution in [3.8, 4) is 0 Å². The Kier molecular flexibility index (Phi) is 4.49. The average molecular weight is 264 g/mol. The van der Waals surface area contributed by atoms with Crippen LogP contribution in [0.15, 0.2) is 24.1 Å². The molecule has 0 aromatic carbocycles. The van der Waals surface area contributed by atoms with Crippen LogP contribution in [0.1, 0.15) is 43.9 Å². The van der Waals surface area contributed by atoms with Gasteiger partial charge in [-0.25, -0.2) is 9.97 Å². The summed E-state index contributed by atoms with van der Waals surface area (Å²) in [4.78, 5) is 8.72. The first-order chi connectivity index (χ1) is 8.72. The summed E-state index contributed by atoms with van der Waals surface area (Å²) in [6.07, 6.45) is 6.81. The fraction of sp³-hybridized carbons (Fsp3) is 0.538. The lowest BCUT2D eigenvalue weighted by Crippen LogP contribution is -2.30. The summed E-state index contributed by atoms with van der Waals surface area (Å²) >= 11 is 1.68. The molecule has 5 heteroatoms. The third-order valence-corrected chi connectivity index (χ3v) is 3.54. The van der Waals surface area contributed by atoms with Gasteiger partial charge in [-0.2, -0.15) is 0 Å². The van der Waals surface area contributed by atoms with Gasteiger partial charge in [0, 0.05) is 24.2 Å². The number of nitrogens with zero attached hydrogens (tertiary/aromatic N) is 3. The third kappa shape index (κ3) is 2.97. The van der Waals surface area contributed by atoms with Crippen molar-refractivity contribution in [1.29, 1.82) is 0 Å². The molecule has 1 N–H and O–H groups in total. The normalized spacial score (nSPS) is 13.1. The van der Waals surface area contributed by atoms with Crippen molar-refractivity contribution in [2.45, 2.75) is 45.8 Å². The van der Waals surface area contributed by atoms with E-state index in [9.17, 15) is 0 Å². The van der Waals surface area contributed by atoms with E-state index >= 15 is 0 Å². The number of rotatable bonds is 6. The Morgan fingerprint density at radius 2 is 2.28 bits per heavy atom. The molecule has 0 spiro atoms. The Bertz CT molecular complexity index is 461. The number of hydrogen-bond acceptors (Lipinski definition) is 4. The van der Waals surface area contributed by atoms with Crippen LogP contribution < -0.4 is 5.32 Å². The Balaban J connectivity index is 2.30. The van der Waals surface area contributed by atoms with Crippen molar-refractivity contribution in [3.63, 3.8) is 0 Å². The molecule has 18 heavy (non-hydrogen) atoms. The van der Waals surface area contributed by atoms with Gasteiger partial charge >= 0.3 is 0 Å². The minimum atomic E-state index is 0.138. The van der Waals surface area contributed by atoms with Crippen LogP contribution in [0.4, 0.5) is 0 Å². The zero-order valence-electron chi connectivity index (χ0n) is 11.1. The molecule has 1 unspecified atom stereocenters. The molecule has 4 nitrogen and oxygen atoms in total. The average Bonchev–Trinajstić information content (AvgIpc) is 2.97. The predicted molar refractivity (Wildman–Crippen MR) is 74.7 cm³/mol. The summed E-state index contributed by atoms with van der Waals surface area (Å²) in [6, 6.07) is 0.544. The quantitative estimate of drug-likeness (QED) is 0.872. The summed E-state index contributed by atoms with van der Waals surface area (Å²) < 4.78 is 2.21. The lowest BCUT2D eigenvalue weighted by molar-refractivity contribution is 0.495. The highest BCUT2D eigenvalue weighted by molar-refractivity contribution is 7.09. The van der Waals surface area contributed by atoms with Gasteiger partial charge in [0.15, 0.2) is 0 Å². The van der Waals surface area contributed by atoms with Crippen LogP contribution in [0.5, 0.6) is 0 Å². The van der Waals surface area contributed by atoms with Gasteiger partial charge < -0.3 is 9.88 Å². The molecule has 2 heterocycles. The highest BCUT2D eigenvalue weighted by Gasteiger charge is 2.20. The van der Waals surface area contributed by atoms with Crippen LogP contribution in [0.25, 0.3) is 0 Å². The SMILES string of the molecule is CCCn1cncc1C(NC(C)C)c1nccs1. The maximum absolute atomic E-state index is 4.44. The van der Waals surface area contributed by atoms with E-state index in [4.69, 9.17) is 0 Å². The molecular weight excluding hydrogens is 244 g/mol. The van der Waals surface area contributed by atoms with Gasteiger partial charge in [0.1, 0.15) is 11.0 Å². The van der Waals surface area contributed by atoms with Crippen LogP contribution >= 0.6 is 11.3 Å². The first-order valence-corrected chi connectivity index (χ1v) is 7.25. The topological polar surface area (TPSA) is 42.7 Å². The number of aromatic nitrogens is 3. The lowest BCUT2D eigenvalue weighted by atomic mass is 10.2. The molecule has 0 amide bonds. The molecule has 2 aromatic heterocycles. The highest BCUT2D eigenvalue weighted by Crippen LogP contribution is 2.24. The second-order valence-electron chi connectivity index (χ2n) is 4.64. The first kappa shape index (κ1) is 13.2. The van der Waals surface area contributed by atoms with Crippen LogP contribution in [0, 0.1) is 0 Å². The van der Waals surface area contributed by atoms with E-state index in [0.717, 1.165) is 18.0 Å². The van der Waals surface area contributed by atoms with Gasteiger partial charge in [0.05, 0.1) is 18.2 Å². The fourth-order valence-corrected chi connectivity index (χ4v) is 2.70. The molecular formula is C13H20N4S. The number of thiazole rings is 1. The van der Waals surface area contributed by atoms with Gasteiger partial charge in [-0.05, 0) is 20.3 Å². The van der Waals surface area contributed by atoms with Crippen LogP contribution in [0.2, 0.25) is 0 Å². The summed E-state index contributed by atoms with van der Waals surface area (Å²) in [5.41, 5.74) is 1.19. The maximum Gasteiger partial charge on any atom is 0.116 e. The van der Waals surface area contributed by atoms with Crippen molar-refractivity contribution in [3.05, 3.63) is 34.8 Å². The van der Waals surface area contributed by atoms with Gasteiger partial charge in [-0.3, -0.25) is 0 Å². The highest BCUT2D eigenvalue weighted by atomic mass is 32.1. The Hall–Kier alpha value is -1.20. The molecule has 0 radical (unpaired) electrons. The predicted octanol–water partition coefficient (Wildman–Crippen LogP) is 2.84. The van der Waals surface area contributed by atoms with Crippen molar-refractivity contribution in [2.24, 2.45) is 0 Å². The number of aryl methyl sites for hydroxylation is 1. The Morgan fingerprint density at radius 1 is 1.44 bits per heavy atom. The molecule has 0 bridgehead atoms. The smallest absolute Gasteiger partial charge is 0.116 e. The van der Waals surface area contributed by atoms with E-state index in [-0.39, 0.29) is 6.04 Å². The second kappa shape index (κ2) is 6.11. The minimum absolute atomic E-state index is 0.138. The molecule has 98 valence electrons. The van der Waals surface area contributed by atoms with Gasteiger partial charge in [-0.15, -0.1) is 11.3 Å². The van der Waals surface area contributed by atoms with Crippen molar-refractivity contribution in [2.75, 3.05) is 0 Å². The Morgan fingerprint density at radius 3 is 2.89 bits per heavy atom. The molecule has 1 atom stereocenters. The molecule has 2 rings (SSSR count). The zero-order chi connectivity index (χ0) is 13.0. The van der Waals surface area contributed by atoms with E-state index < -0.39 is 0 Å². The maximum atomic E-state index is 4.44. The minimum Gasteiger partial charge on any atom is -0.333 e. The van der Waals surface area contributed by atoms with Gasteiger partial charge in [-0.1, -0.05) is 6.92 Å². The third-order valence-electron chi connectivity index (χ3n) is 2.70. The monoisotopic (exact) mass is 264 g/mol. The second-order valence-corrected chi connectivity index (χ2v) is 5.56. The number of imidazole rings is 1. The molecule has 0 aliphatic carbocycles. The van der Waals surface area contributed by atoms with Crippen LogP contribution in [0.3, 0.4) is 0 Å². The molecule has 0 saturated heterocycles. The molecule has 0 saturated carbocycles. The summed E-state index contributed by atoms with van der Waals surface area (Å²) in [6.45, 7) is 7.48. The van der Waals surface area contributed by atoms with Crippen LogP contribution in [-0.4, -0.2) is 20.6 Å². The van der Waals surface area contributed by atoms with E-state index in [1.54, 1.807) is 11.3 Å². The lowest BCUT2D eigenvalue weighted by Gasteiger charge is -2.20.